The van der Waals surface area contributed by atoms with Crippen LogP contribution in [0.5, 0.6) is 0 Å². The fourth-order valence-electron chi connectivity index (χ4n) is 3.19. The molecule has 26 heavy (non-hydrogen) atoms. The number of carbonyl (C=O) groups excluding carboxylic acids is 2. The molecule has 5 nitrogen and oxygen atoms in total. The number of hydrogen-bond donors (Lipinski definition) is 1. The Bertz CT molecular complexity index is 849. The summed E-state index contributed by atoms with van der Waals surface area (Å²) in [7, 11) is 0. The van der Waals surface area contributed by atoms with Crippen molar-refractivity contribution >= 4 is 23.6 Å². The maximum absolute atomic E-state index is 12.7. The number of carbonyl (C=O) groups is 2. The Morgan fingerprint density at radius 3 is 2.73 bits per heavy atom. The van der Waals surface area contributed by atoms with Gasteiger partial charge in [0.1, 0.15) is 11.5 Å². The second-order valence-electron chi connectivity index (χ2n) is 6.81. The molecule has 2 aromatic rings. The van der Waals surface area contributed by atoms with Crippen molar-refractivity contribution < 1.29 is 14.0 Å². The molecule has 0 radical (unpaired) electrons. The molecule has 1 aromatic heterocycles. The summed E-state index contributed by atoms with van der Waals surface area (Å²) >= 11 is 0. The van der Waals surface area contributed by atoms with Crippen molar-refractivity contribution in [3.8, 4) is 0 Å². The summed E-state index contributed by atoms with van der Waals surface area (Å²) < 4.78 is 5.47. The van der Waals surface area contributed by atoms with Gasteiger partial charge in [-0.3, -0.25) is 9.59 Å². The molecule has 0 saturated carbocycles. The molecule has 0 aliphatic carbocycles. The van der Waals surface area contributed by atoms with E-state index in [-0.39, 0.29) is 17.9 Å². The summed E-state index contributed by atoms with van der Waals surface area (Å²) in [6.07, 6.45) is 4.83. The Balaban J connectivity index is 1.85. The second kappa shape index (κ2) is 7.60. The molecule has 5 heteroatoms. The largest absolute Gasteiger partial charge is 0.462 e. The standard InChI is InChI=1S/C21H24N2O3/c1-14(2)22-21(25)18-6-4-8-19-17(18)7-5-13-23(19)20(24)12-11-16-10-9-15(3)26-16/h4,6,8-12,14H,5,7,13H2,1-3H3,(H,22,25)/b12-11+. The third-order valence-electron chi connectivity index (χ3n) is 4.33. The van der Waals surface area contributed by atoms with E-state index >= 15 is 0 Å². The van der Waals surface area contributed by atoms with Crippen molar-refractivity contribution in [2.24, 2.45) is 0 Å². The maximum Gasteiger partial charge on any atom is 0.251 e. The first-order valence-electron chi connectivity index (χ1n) is 8.94. The van der Waals surface area contributed by atoms with Gasteiger partial charge in [0, 0.05) is 29.9 Å². The molecule has 2 heterocycles. The number of hydrogen-bond acceptors (Lipinski definition) is 3. The molecule has 0 atom stereocenters. The van der Waals surface area contributed by atoms with Gasteiger partial charge in [0.05, 0.1) is 0 Å². The average Bonchev–Trinajstić information content (AvgIpc) is 3.03. The predicted molar refractivity (Wildman–Crippen MR) is 102 cm³/mol. The minimum atomic E-state index is -0.110. The van der Waals surface area contributed by atoms with E-state index < -0.39 is 0 Å². The van der Waals surface area contributed by atoms with Gasteiger partial charge in [0.25, 0.3) is 11.8 Å². The zero-order valence-corrected chi connectivity index (χ0v) is 15.4. The molecule has 3 rings (SSSR count). The maximum atomic E-state index is 12.7. The molecule has 0 unspecified atom stereocenters. The topological polar surface area (TPSA) is 62.6 Å². The van der Waals surface area contributed by atoms with Crippen LogP contribution in [0.3, 0.4) is 0 Å². The van der Waals surface area contributed by atoms with Gasteiger partial charge in [0.2, 0.25) is 0 Å². The fourth-order valence-corrected chi connectivity index (χ4v) is 3.19. The van der Waals surface area contributed by atoms with Crippen LogP contribution in [0.25, 0.3) is 6.08 Å². The Labute approximate surface area is 153 Å². The number of benzene rings is 1. The van der Waals surface area contributed by atoms with Gasteiger partial charge in [0.15, 0.2) is 0 Å². The van der Waals surface area contributed by atoms with Crippen LogP contribution >= 0.6 is 0 Å². The Hall–Kier alpha value is -2.82. The molecule has 0 bridgehead atoms. The Kier molecular flexibility index (Phi) is 5.26. The second-order valence-corrected chi connectivity index (χ2v) is 6.81. The smallest absolute Gasteiger partial charge is 0.251 e. The molecule has 0 spiro atoms. The number of nitrogens with zero attached hydrogens (tertiary/aromatic N) is 1. The van der Waals surface area contributed by atoms with Gasteiger partial charge in [-0.15, -0.1) is 0 Å². The number of aryl methyl sites for hydroxylation is 1. The van der Waals surface area contributed by atoms with Crippen LogP contribution in [0.4, 0.5) is 5.69 Å². The van der Waals surface area contributed by atoms with Crippen molar-refractivity contribution in [1.82, 2.24) is 5.32 Å². The number of rotatable bonds is 4. The summed E-state index contributed by atoms with van der Waals surface area (Å²) in [5.74, 6) is 1.26. The van der Waals surface area contributed by atoms with E-state index in [1.165, 1.54) is 6.08 Å². The van der Waals surface area contributed by atoms with E-state index in [2.05, 4.69) is 5.32 Å². The van der Waals surface area contributed by atoms with Crippen LogP contribution in [0.15, 0.2) is 40.8 Å². The molecule has 1 aliphatic rings. The van der Waals surface area contributed by atoms with Gasteiger partial charge >= 0.3 is 0 Å². The molecule has 136 valence electrons. The minimum Gasteiger partial charge on any atom is -0.462 e. The highest BCUT2D eigenvalue weighted by Crippen LogP contribution is 2.30. The molecular weight excluding hydrogens is 328 g/mol. The molecular formula is C21H24N2O3. The van der Waals surface area contributed by atoms with E-state index in [1.807, 2.05) is 51.1 Å². The van der Waals surface area contributed by atoms with Gasteiger partial charge in [-0.25, -0.2) is 0 Å². The molecule has 1 aromatic carbocycles. The van der Waals surface area contributed by atoms with Crippen LogP contribution < -0.4 is 10.2 Å². The van der Waals surface area contributed by atoms with E-state index in [0.717, 1.165) is 29.9 Å². The summed E-state index contributed by atoms with van der Waals surface area (Å²) in [5.41, 5.74) is 2.41. The fraction of sp³-hybridized carbons (Fsp3) is 0.333. The lowest BCUT2D eigenvalue weighted by molar-refractivity contribution is -0.114. The van der Waals surface area contributed by atoms with Crippen molar-refractivity contribution in [1.29, 1.82) is 0 Å². The number of anilines is 1. The Morgan fingerprint density at radius 2 is 2.04 bits per heavy atom. The first kappa shape index (κ1) is 18.0. The lowest BCUT2D eigenvalue weighted by Crippen LogP contribution is -2.36. The quantitative estimate of drug-likeness (QED) is 0.853. The highest BCUT2D eigenvalue weighted by Gasteiger charge is 2.25. The number of furan rings is 1. The number of amides is 2. The van der Waals surface area contributed by atoms with Crippen molar-refractivity contribution in [2.45, 2.75) is 39.7 Å². The number of fused-ring (bicyclic) bond motifs is 1. The van der Waals surface area contributed by atoms with Crippen LogP contribution in [0, 0.1) is 6.92 Å². The van der Waals surface area contributed by atoms with E-state index in [1.54, 1.807) is 11.0 Å². The monoisotopic (exact) mass is 352 g/mol. The Morgan fingerprint density at radius 1 is 1.23 bits per heavy atom. The van der Waals surface area contributed by atoms with Crippen LogP contribution in [-0.2, 0) is 11.2 Å². The summed E-state index contributed by atoms with van der Waals surface area (Å²) in [6, 6.07) is 9.33. The molecule has 1 N–H and O–H groups in total. The van der Waals surface area contributed by atoms with Crippen LogP contribution in [0.2, 0.25) is 0 Å². The SMILES string of the molecule is Cc1ccc(/C=C/C(=O)N2CCCc3c(C(=O)NC(C)C)cccc32)o1. The average molecular weight is 352 g/mol. The third-order valence-corrected chi connectivity index (χ3v) is 4.33. The van der Waals surface area contributed by atoms with E-state index in [0.29, 0.717) is 17.9 Å². The summed E-state index contributed by atoms with van der Waals surface area (Å²) in [5, 5.41) is 2.93. The highest BCUT2D eigenvalue weighted by atomic mass is 16.3. The molecule has 1 aliphatic heterocycles. The molecule has 0 fully saturated rings. The molecule has 2 amide bonds. The normalized spacial score (nSPS) is 13.9. The van der Waals surface area contributed by atoms with E-state index in [9.17, 15) is 9.59 Å². The third kappa shape index (κ3) is 3.87. The van der Waals surface area contributed by atoms with Gasteiger partial charge in [-0.05, 0) is 69.5 Å². The van der Waals surface area contributed by atoms with Crippen LogP contribution in [-0.4, -0.2) is 24.4 Å². The highest BCUT2D eigenvalue weighted by molar-refractivity contribution is 6.06. The summed E-state index contributed by atoms with van der Waals surface area (Å²) in [6.45, 7) is 6.38. The van der Waals surface area contributed by atoms with Gasteiger partial charge in [-0.1, -0.05) is 6.07 Å². The first-order chi connectivity index (χ1) is 12.5. The number of nitrogens with one attached hydrogen (secondary N) is 1. The van der Waals surface area contributed by atoms with Gasteiger partial charge < -0.3 is 14.6 Å². The predicted octanol–water partition coefficient (Wildman–Crippen LogP) is 3.72. The van der Waals surface area contributed by atoms with Crippen molar-refractivity contribution in [3.63, 3.8) is 0 Å². The minimum absolute atomic E-state index is 0.0689. The van der Waals surface area contributed by atoms with E-state index in [4.69, 9.17) is 4.42 Å². The lowest BCUT2D eigenvalue weighted by atomic mass is 9.95. The molecule has 0 saturated heterocycles. The van der Waals surface area contributed by atoms with Crippen LogP contribution in [0.1, 0.15) is 47.7 Å². The van der Waals surface area contributed by atoms with Crippen molar-refractivity contribution in [3.05, 3.63) is 59.1 Å². The van der Waals surface area contributed by atoms with Crippen molar-refractivity contribution in [2.75, 3.05) is 11.4 Å². The summed E-state index contributed by atoms with van der Waals surface area (Å²) in [4.78, 5) is 26.9. The lowest BCUT2D eigenvalue weighted by Gasteiger charge is -2.30. The zero-order chi connectivity index (χ0) is 18.7. The first-order valence-corrected chi connectivity index (χ1v) is 8.94. The van der Waals surface area contributed by atoms with Gasteiger partial charge in [-0.2, -0.15) is 0 Å². The zero-order valence-electron chi connectivity index (χ0n) is 15.4.